The van der Waals surface area contributed by atoms with Crippen molar-refractivity contribution in [1.82, 2.24) is 0 Å². The molecule has 2 atom stereocenters. The van der Waals surface area contributed by atoms with Gasteiger partial charge in [0.2, 0.25) is 0 Å². The van der Waals surface area contributed by atoms with E-state index >= 15 is 0 Å². The van der Waals surface area contributed by atoms with E-state index in [0.29, 0.717) is 5.56 Å². The Balaban J connectivity index is 1.31. The Morgan fingerprint density at radius 1 is 0.453 bits per heavy atom. The molecule has 0 radical (unpaired) electrons. The number of rotatable bonds is 3. The third-order valence-electron chi connectivity index (χ3n) is 13.0. The summed E-state index contributed by atoms with van der Waals surface area (Å²) in [4.78, 5) is 14.2. The fraction of sp³-hybridized carbons (Fsp3) is 0.173. The third kappa shape index (κ3) is 4.34. The normalized spacial score (nSPS) is 19.5. The monoisotopic (exact) mass is 682 g/mol. The second kappa shape index (κ2) is 11.4. The Morgan fingerprint density at radius 2 is 1.04 bits per heavy atom. The van der Waals surface area contributed by atoms with Crippen LogP contribution in [0.3, 0.4) is 0 Å². The highest BCUT2D eigenvalue weighted by Gasteiger charge is 2.54. The van der Waals surface area contributed by atoms with E-state index in [-0.39, 0.29) is 22.5 Å². The van der Waals surface area contributed by atoms with E-state index in [4.69, 9.17) is 0 Å². The lowest BCUT2D eigenvalue weighted by Crippen LogP contribution is -2.41. The Labute approximate surface area is 313 Å². The summed E-state index contributed by atoms with van der Waals surface area (Å²) in [5, 5.41) is 0. The summed E-state index contributed by atoms with van der Waals surface area (Å²) in [6, 6.07) is 59.6. The van der Waals surface area contributed by atoms with Crippen LogP contribution in [-0.4, -0.2) is 5.78 Å². The predicted octanol–water partition coefficient (Wildman–Crippen LogP) is 11.9. The van der Waals surface area contributed by atoms with E-state index < -0.39 is 5.41 Å². The molecular formula is C52H42O. The maximum Gasteiger partial charge on any atom is 0.193 e. The van der Waals surface area contributed by atoms with E-state index in [2.05, 4.69) is 155 Å². The molecule has 0 heterocycles. The zero-order chi connectivity index (χ0) is 36.1. The van der Waals surface area contributed by atoms with Crippen LogP contribution in [0, 0.1) is 0 Å². The van der Waals surface area contributed by atoms with Crippen LogP contribution < -0.4 is 0 Å². The van der Waals surface area contributed by atoms with E-state index in [1.807, 2.05) is 36.4 Å². The summed E-state index contributed by atoms with van der Waals surface area (Å²) >= 11 is 0. The average molecular weight is 683 g/mol. The van der Waals surface area contributed by atoms with Gasteiger partial charge in [0, 0.05) is 27.9 Å². The van der Waals surface area contributed by atoms with Gasteiger partial charge in [-0.2, -0.15) is 0 Å². The van der Waals surface area contributed by atoms with Crippen molar-refractivity contribution in [2.75, 3.05) is 0 Å². The first-order valence-corrected chi connectivity index (χ1v) is 19.0. The second-order valence-electron chi connectivity index (χ2n) is 16.4. The van der Waals surface area contributed by atoms with Crippen molar-refractivity contribution in [3.63, 3.8) is 0 Å². The number of fused-ring (bicyclic) bond motifs is 11. The van der Waals surface area contributed by atoms with Crippen molar-refractivity contribution >= 4 is 5.78 Å². The SMILES string of the molecule is CC1(C)c2cc3c(cc2CC(c2ccccc2)c2ccccc21)C1(c2ccccc2-c2ccc(C(=O)c4ccccc4)cc21)c1ccccc1C3(C)C. The zero-order valence-electron chi connectivity index (χ0n) is 30.8. The smallest absolute Gasteiger partial charge is 0.193 e. The van der Waals surface area contributed by atoms with E-state index in [0.717, 1.165) is 12.0 Å². The molecule has 0 aromatic heterocycles. The Bertz CT molecular complexity index is 2610. The van der Waals surface area contributed by atoms with Crippen LogP contribution in [0.15, 0.2) is 164 Å². The standard InChI is InChI=1S/C52H42O/c1-50(2)41-23-13-11-22-38(41)40(33-17-7-5-8-18-33)29-36-31-48-47(32-45(36)50)51(3,4)43-25-15-16-26-44(43)52(48)42-24-14-12-21-37(42)39-28-27-35(30-46(39)52)49(53)34-19-9-6-10-20-34/h5-28,30-32,40H,29H2,1-4H3. The molecule has 7 aromatic carbocycles. The summed E-state index contributed by atoms with van der Waals surface area (Å²) in [5.41, 5.74) is 17.6. The van der Waals surface area contributed by atoms with Crippen LogP contribution in [-0.2, 0) is 22.7 Å². The van der Waals surface area contributed by atoms with Crippen LogP contribution in [0.4, 0.5) is 0 Å². The minimum atomic E-state index is -0.596. The lowest BCUT2D eigenvalue weighted by molar-refractivity contribution is 0.103. The Hall–Kier alpha value is -5.79. The van der Waals surface area contributed by atoms with Gasteiger partial charge in [-0.05, 0) is 84.8 Å². The van der Waals surface area contributed by atoms with Gasteiger partial charge in [-0.25, -0.2) is 0 Å². The molecule has 0 fully saturated rings. The summed E-state index contributed by atoms with van der Waals surface area (Å²) < 4.78 is 0. The molecule has 1 nitrogen and oxygen atoms in total. The van der Waals surface area contributed by atoms with Crippen molar-refractivity contribution < 1.29 is 4.79 Å². The number of carbonyl (C=O) groups excluding carboxylic acids is 1. The summed E-state index contributed by atoms with van der Waals surface area (Å²) in [6.07, 6.45) is 0.909. The number of carbonyl (C=O) groups is 1. The van der Waals surface area contributed by atoms with Gasteiger partial charge in [0.05, 0.1) is 5.41 Å². The maximum atomic E-state index is 14.2. The van der Waals surface area contributed by atoms with Crippen LogP contribution in [0.1, 0.15) is 111 Å². The molecule has 256 valence electrons. The quantitative estimate of drug-likeness (QED) is 0.170. The van der Waals surface area contributed by atoms with E-state index in [1.165, 1.54) is 72.3 Å². The predicted molar refractivity (Wildman–Crippen MR) is 216 cm³/mol. The number of hydrogen-bond donors (Lipinski definition) is 0. The molecular weight excluding hydrogens is 641 g/mol. The molecule has 3 aliphatic rings. The minimum Gasteiger partial charge on any atom is -0.289 e. The van der Waals surface area contributed by atoms with Gasteiger partial charge in [-0.15, -0.1) is 0 Å². The second-order valence-corrected chi connectivity index (χ2v) is 16.4. The Kier molecular flexibility index (Phi) is 6.83. The van der Waals surface area contributed by atoms with Gasteiger partial charge in [0.1, 0.15) is 0 Å². The molecule has 0 saturated carbocycles. The number of hydrogen-bond acceptors (Lipinski definition) is 1. The van der Waals surface area contributed by atoms with Gasteiger partial charge < -0.3 is 0 Å². The molecule has 0 saturated heterocycles. The van der Waals surface area contributed by atoms with Crippen LogP contribution in [0.2, 0.25) is 0 Å². The molecule has 2 unspecified atom stereocenters. The zero-order valence-corrected chi connectivity index (χ0v) is 30.8. The lowest BCUT2D eigenvalue weighted by atomic mass is 9.54. The van der Waals surface area contributed by atoms with Crippen LogP contribution in [0.5, 0.6) is 0 Å². The first kappa shape index (κ1) is 31.9. The van der Waals surface area contributed by atoms with Crippen molar-refractivity contribution in [1.29, 1.82) is 0 Å². The first-order valence-electron chi connectivity index (χ1n) is 19.0. The van der Waals surface area contributed by atoms with Crippen molar-refractivity contribution in [2.45, 2.75) is 56.3 Å². The van der Waals surface area contributed by atoms with Crippen LogP contribution in [0.25, 0.3) is 11.1 Å². The van der Waals surface area contributed by atoms with Crippen LogP contribution >= 0.6 is 0 Å². The Morgan fingerprint density at radius 3 is 1.79 bits per heavy atom. The molecule has 1 spiro atoms. The summed E-state index contributed by atoms with van der Waals surface area (Å²) in [6.45, 7) is 9.66. The first-order chi connectivity index (χ1) is 25.7. The van der Waals surface area contributed by atoms with Crippen molar-refractivity contribution in [3.05, 3.63) is 236 Å². The van der Waals surface area contributed by atoms with Crippen molar-refractivity contribution in [2.24, 2.45) is 0 Å². The fourth-order valence-corrected chi connectivity index (χ4v) is 10.5. The molecule has 0 bridgehead atoms. The molecule has 7 aromatic rings. The largest absolute Gasteiger partial charge is 0.289 e. The van der Waals surface area contributed by atoms with Gasteiger partial charge in [-0.1, -0.05) is 185 Å². The molecule has 3 aliphatic carbocycles. The number of benzene rings is 7. The third-order valence-corrected chi connectivity index (χ3v) is 13.0. The molecule has 1 heteroatoms. The van der Waals surface area contributed by atoms with Gasteiger partial charge in [-0.3, -0.25) is 4.79 Å². The average Bonchev–Trinajstić information content (AvgIpc) is 3.44. The van der Waals surface area contributed by atoms with Gasteiger partial charge in [0.15, 0.2) is 5.78 Å². The minimum absolute atomic E-state index is 0.0521. The van der Waals surface area contributed by atoms with Gasteiger partial charge >= 0.3 is 0 Å². The lowest BCUT2D eigenvalue weighted by Gasteiger charge is -2.47. The summed E-state index contributed by atoms with van der Waals surface area (Å²) in [5.74, 6) is 0.278. The topological polar surface area (TPSA) is 17.1 Å². The highest BCUT2D eigenvalue weighted by molar-refractivity contribution is 6.10. The molecule has 10 rings (SSSR count). The highest BCUT2D eigenvalue weighted by atomic mass is 16.1. The maximum absolute atomic E-state index is 14.2. The summed E-state index contributed by atoms with van der Waals surface area (Å²) in [7, 11) is 0. The number of ketones is 1. The highest BCUT2D eigenvalue weighted by Crippen LogP contribution is 2.63. The molecule has 53 heavy (non-hydrogen) atoms. The molecule has 0 N–H and O–H groups in total. The fourth-order valence-electron chi connectivity index (χ4n) is 10.5. The van der Waals surface area contributed by atoms with E-state index in [1.54, 1.807) is 0 Å². The van der Waals surface area contributed by atoms with E-state index in [9.17, 15) is 4.79 Å². The van der Waals surface area contributed by atoms with Gasteiger partial charge in [0.25, 0.3) is 0 Å². The molecule has 0 amide bonds. The van der Waals surface area contributed by atoms with Crippen molar-refractivity contribution in [3.8, 4) is 11.1 Å². The molecule has 0 aliphatic heterocycles.